The zero-order chi connectivity index (χ0) is 17.6. The van der Waals surface area contributed by atoms with E-state index in [9.17, 15) is 23.4 Å². The molecule has 2 aromatic heterocycles. The van der Waals surface area contributed by atoms with Crippen LogP contribution in [0, 0.1) is 4.64 Å². The number of aliphatic hydroxyl groups excluding tert-OH is 3. The maximum Gasteiger partial charge on any atom is 0.434 e. The Morgan fingerprint density at radius 2 is 2.08 bits per heavy atom. The average molecular weight is 361 g/mol. The van der Waals surface area contributed by atoms with Crippen molar-refractivity contribution in [2.24, 2.45) is 0 Å². The van der Waals surface area contributed by atoms with E-state index in [4.69, 9.17) is 22.1 Å². The minimum absolute atomic E-state index is 0.0350. The third kappa shape index (κ3) is 2.70. The number of rotatable bonds is 2. The van der Waals surface area contributed by atoms with Crippen LogP contribution in [0.3, 0.4) is 0 Å². The van der Waals surface area contributed by atoms with Gasteiger partial charge in [0.2, 0.25) is 0 Å². The molecule has 2 aromatic rings. The molecule has 3 heterocycles. The molecule has 0 amide bonds. The second-order valence-electron chi connectivity index (χ2n) is 4.99. The highest BCUT2D eigenvalue weighted by atomic mass is 32.1. The largest absolute Gasteiger partial charge is 0.506 e. The van der Waals surface area contributed by atoms with E-state index in [1.807, 2.05) is 0 Å². The van der Waals surface area contributed by atoms with Crippen LogP contribution in [0.4, 0.5) is 13.2 Å². The summed E-state index contributed by atoms with van der Waals surface area (Å²) in [5, 5.41) is 28.7. The van der Waals surface area contributed by atoms with Crippen LogP contribution < -0.4 is 0 Å². The number of halogens is 3. The monoisotopic (exact) mass is 361 g/mol. The zero-order valence-electron chi connectivity index (χ0n) is 11.7. The summed E-state index contributed by atoms with van der Waals surface area (Å²) in [6.07, 6.45) is -6.66. The number of aromatic amines is 1. The average Bonchev–Trinajstić information content (AvgIpc) is 2.80. The second kappa shape index (κ2) is 5.69. The molecule has 0 bridgehead atoms. The molecule has 0 saturated heterocycles. The second-order valence-corrected chi connectivity index (χ2v) is 5.40. The maximum atomic E-state index is 12.7. The van der Waals surface area contributed by atoms with Crippen molar-refractivity contribution in [3.63, 3.8) is 0 Å². The van der Waals surface area contributed by atoms with E-state index in [0.717, 1.165) is 0 Å². The van der Waals surface area contributed by atoms with E-state index in [1.54, 1.807) is 0 Å². The van der Waals surface area contributed by atoms with Gasteiger partial charge in [-0.05, 0) is 6.07 Å². The highest BCUT2D eigenvalue weighted by Gasteiger charge is 2.38. The predicted molar refractivity (Wildman–Crippen MR) is 76.3 cm³/mol. The Balaban J connectivity index is 2.06. The third-order valence-electron chi connectivity index (χ3n) is 3.45. The first kappa shape index (κ1) is 16.6. The number of fused-ring (bicyclic) bond motifs is 1. The SMILES string of the molecule is OCC1=C(O)C(O)[C@H](c2cc3ncc(C(F)(F)F)nc3[nH]c2=S)O1. The molecule has 2 atom stereocenters. The molecule has 0 radical (unpaired) electrons. The number of hydrogen-bond acceptors (Lipinski definition) is 7. The Bertz CT molecular complexity index is 896. The molecule has 1 aliphatic heterocycles. The first-order valence-corrected chi connectivity index (χ1v) is 6.98. The van der Waals surface area contributed by atoms with Crippen LogP contribution in [-0.4, -0.2) is 43.0 Å². The van der Waals surface area contributed by atoms with E-state index in [2.05, 4.69) is 15.0 Å². The lowest BCUT2D eigenvalue weighted by Crippen LogP contribution is -2.17. The topological polar surface area (TPSA) is 111 Å². The van der Waals surface area contributed by atoms with Crippen LogP contribution >= 0.6 is 12.2 Å². The van der Waals surface area contributed by atoms with Crippen LogP contribution in [0.5, 0.6) is 0 Å². The summed E-state index contributed by atoms with van der Waals surface area (Å²) in [5.41, 5.74) is -1.09. The van der Waals surface area contributed by atoms with Gasteiger partial charge in [0, 0.05) is 5.56 Å². The minimum atomic E-state index is -4.65. The molecule has 11 heteroatoms. The quantitative estimate of drug-likeness (QED) is 0.605. The molecular weight excluding hydrogens is 351 g/mol. The van der Waals surface area contributed by atoms with Crippen molar-refractivity contribution in [3.05, 3.63) is 39.7 Å². The maximum absolute atomic E-state index is 12.7. The van der Waals surface area contributed by atoms with Crippen molar-refractivity contribution in [3.8, 4) is 0 Å². The molecule has 3 rings (SSSR count). The highest BCUT2D eigenvalue weighted by molar-refractivity contribution is 7.71. The summed E-state index contributed by atoms with van der Waals surface area (Å²) in [5.74, 6) is -0.740. The van der Waals surface area contributed by atoms with Gasteiger partial charge in [-0.25, -0.2) is 4.98 Å². The Kier molecular flexibility index (Phi) is 3.94. The van der Waals surface area contributed by atoms with Crippen LogP contribution in [0.25, 0.3) is 11.2 Å². The number of hydrogen-bond donors (Lipinski definition) is 4. The van der Waals surface area contributed by atoms with Gasteiger partial charge in [-0.1, -0.05) is 12.2 Å². The van der Waals surface area contributed by atoms with Crippen molar-refractivity contribution in [2.45, 2.75) is 18.4 Å². The molecule has 0 aromatic carbocycles. The van der Waals surface area contributed by atoms with Gasteiger partial charge in [-0.15, -0.1) is 0 Å². The number of nitrogens with zero attached hydrogens (tertiary/aromatic N) is 2. The summed E-state index contributed by atoms with van der Waals surface area (Å²) in [7, 11) is 0. The summed E-state index contributed by atoms with van der Waals surface area (Å²) in [6.45, 7) is -0.627. The summed E-state index contributed by atoms with van der Waals surface area (Å²) in [6, 6.07) is 1.31. The van der Waals surface area contributed by atoms with Gasteiger partial charge in [-0.3, -0.25) is 4.98 Å². The van der Waals surface area contributed by atoms with Gasteiger partial charge in [0.15, 0.2) is 35.1 Å². The molecule has 128 valence electrons. The van der Waals surface area contributed by atoms with E-state index >= 15 is 0 Å². The van der Waals surface area contributed by atoms with Gasteiger partial charge in [0.05, 0.1) is 6.20 Å². The van der Waals surface area contributed by atoms with Gasteiger partial charge in [-0.2, -0.15) is 13.2 Å². The minimum Gasteiger partial charge on any atom is -0.506 e. The standard InChI is InChI=1S/C13H10F3N3O4S/c14-13(15,16)7-2-17-5-1-4(12(24)19-11(5)18-7)10-9(22)8(21)6(3-20)23-10/h1-2,9-10,20-22H,3H2,(H,18,19,24)/t9?,10-/m0/s1. The normalized spacial score (nSPS) is 21.4. The van der Waals surface area contributed by atoms with Gasteiger partial charge in [0.1, 0.15) is 16.8 Å². The lowest BCUT2D eigenvalue weighted by atomic mass is 10.1. The van der Waals surface area contributed by atoms with E-state index in [-0.39, 0.29) is 27.1 Å². The van der Waals surface area contributed by atoms with Crippen LogP contribution in [0.2, 0.25) is 0 Å². The number of alkyl halides is 3. The molecular formula is C13H10F3N3O4S. The van der Waals surface area contributed by atoms with Crippen LogP contribution in [0.15, 0.2) is 23.8 Å². The fraction of sp³-hybridized carbons (Fsp3) is 0.308. The van der Waals surface area contributed by atoms with Gasteiger partial charge in [0.25, 0.3) is 0 Å². The van der Waals surface area contributed by atoms with Crippen molar-refractivity contribution in [1.29, 1.82) is 0 Å². The lowest BCUT2D eigenvalue weighted by Gasteiger charge is -2.16. The molecule has 0 spiro atoms. The molecule has 7 nitrogen and oxygen atoms in total. The number of H-pyrrole nitrogens is 1. The van der Waals surface area contributed by atoms with Gasteiger partial charge >= 0.3 is 6.18 Å². The lowest BCUT2D eigenvalue weighted by molar-refractivity contribution is -0.141. The number of nitrogens with one attached hydrogen (secondary N) is 1. The fourth-order valence-electron chi connectivity index (χ4n) is 2.27. The van der Waals surface area contributed by atoms with E-state index in [0.29, 0.717) is 6.20 Å². The molecule has 0 aliphatic carbocycles. The summed E-state index contributed by atoms with van der Waals surface area (Å²) in [4.78, 5) is 9.61. The Morgan fingerprint density at radius 1 is 1.38 bits per heavy atom. The first-order chi connectivity index (χ1) is 11.2. The third-order valence-corrected chi connectivity index (χ3v) is 3.79. The van der Waals surface area contributed by atoms with Crippen LogP contribution in [0.1, 0.15) is 17.4 Å². The highest BCUT2D eigenvalue weighted by Crippen LogP contribution is 2.36. The molecule has 1 aliphatic rings. The van der Waals surface area contributed by atoms with E-state index < -0.39 is 36.4 Å². The number of ether oxygens (including phenoxy) is 1. The van der Waals surface area contributed by atoms with Crippen LogP contribution in [-0.2, 0) is 10.9 Å². The first-order valence-electron chi connectivity index (χ1n) is 6.57. The molecule has 0 saturated carbocycles. The number of pyridine rings is 1. The number of aromatic nitrogens is 3. The van der Waals surface area contributed by atoms with Crippen molar-refractivity contribution in [1.82, 2.24) is 15.0 Å². The molecule has 1 unspecified atom stereocenters. The van der Waals surface area contributed by atoms with Crippen molar-refractivity contribution < 1.29 is 33.2 Å². The zero-order valence-corrected chi connectivity index (χ0v) is 12.5. The Hall–Kier alpha value is -2.24. The predicted octanol–water partition coefficient (Wildman–Crippen LogP) is 1.90. The smallest absolute Gasteiger partial charge is 0.434 e. The van der Waals surface area contributed by atoms with Gasteiger partial charge < -0.3 is 25.0 Å². The molecule has 0 fully saturated rings. The van der Waals surface area contributed by atoms with Crippen molar-refractivity contribution >= 4 is 23.4 Å². The summed E-state index contributed by atoms with van der Waals surface area (Å²) >= 11 is 5.06. The van der Waals surface area contributed by atoms with E-state index in [1.165, 1.54) is 6.07 Å². The Morgan fingerprint density at radius 3 is 2.67 bits per heavy atom. The number of aliphatic hydroxyl groups is 3. The Labute approximate surface area is 137 Å². The van der Waals surface area contributed by atoms with Crippen molar-refractivity contribution in [2.75, 3.05) is 6.61 Å². The molecule has 4 N–H and O–H groups in total. The summed E-state index contributed by atoms with van der Waals surface area (Å²) < 4.78 is 43.2. The molecule has 24 heavy (non-hydrogen) atoms. The fourth-order valence-corrected chi connectivity index (χ4v) is 2.55.